The van der Waals surface area contributed by atoms with Crippen LogP contribution in [0.1, 0.15) is 38.1 Å². The summed E-state index contributed by atoms with van der Waals surface area (Å²) >= 11 is 3.35. The molecule has 4 nitrogen and oxygen atoms in total. The van der Waals surface area contributed by atoms with E-state index in [0.29, 0.717) is 5.46 Å². The molecule has 0 spiro atoms. The zero-order valence-electron chi connectivity index (χ0n) is 11.4. The molecule has 1 aliphatic heterocycles. The predicted octanol–water partition coefficient (Wildman–Crippen LogP) is 2.45. The molecule has 1 fully saturated rings. The summed E-state index contributed by atoms with van der Waals surface area (Å²) in [4.78, 5) is 11.3. The van der Waals surface area contributed by atoms with Gasteiger partial charge in [0.2, 0.25) is 0 Å². The van der Waals surface area contributed by atoms with Crippen molar-refractivity contribution in [2.45, 2.75) is 38.9 Å². The fourth-order valence-electron chi connectivity index (χ4n) is 1.89. The van der Waals surface area contributed by atoms with Crippen molar-refractivity contribution in [1.29, 1.82) is 0 Å². The van der Waals surface area contributed by atoms with Crippen LogP contribution in [0.15, 0.2) is 22.7 Å². The van der Waals surface area contributed by atoms with Crippen LogP contribution in [0.5, 0.6) is 0 Å². The molecule has 0 bridgehead atoms. The van der Waals surface area contributed by atoms with Crippen molar-refractivity contribution in [2.24, 2.45) is 0 Å². The lowest BCUT2D eigenvalue weighted by molar-refractivity contribution is 0.00578. The number of benzene rings is 1. The highest BCUT2D eigenvalue weighted by atomic mass is 79.9. The van der Waals surface area contributed by atoms with Crippen molar-refractivity contribution in [3.05, 3.63) is 28.2 Å². The molecule has 0 unspecified atom stereocenters. The zero-order chi connectivity index (χ0) is 14.4. The number of carbonyl (C=O) groups is 1. The first-order valence-electron chi connectivity index (χ1n) is 6.02. The Bertz CT molecular complexity index is 511. The van der Waals surface area contributed by atoms with E-state index >= 15 is 0 Å². The van der Waals surface area contributed by atoms with Crippen LogP contribution in [0.4, 0.5) is 0 Å². The zero-order valence-corrected chi connectivity index (χ0v) is 12.9. The number of aromatic carboxylic acids is 1. The summed E-state index contributed by atoms with van der Waals surface area (Å²) in [7, 11) is -0.673. The lowest BCUT2D eigenvalue weighted by Crippen LogP contribution is -2.41. The predicted molar refractivity (Wildman–Crippen MR) is 76.8 cm³/mol. The third-order valence-electron chi connectivity index (χ3n) is 3.75. The quantitative estimate of drug-likeness (QED) is 0.848. The summed E-state index contributed by atoms with van der Waals surface area (Å²) in [6, 6.07) is 4.97. The maximum absolute atomic E-state index is 11.3. The monoisotopic (exact) mass is 326 g/mol. The summed E-state index contributed by atoms with van der Waals surface area (Å²) in [6.45, 7) is 7.74. The minimum Gasteiger partial charge on any atom is -0.478 e. The average Bonchev–Trinajstić information content (AvgIpc) is 2.47. The van der Waals surface area contributed by atoms with Crippen LogP contribution in [0.25, 0.3) is 0 Å². The fourth-order valence-corrected chi connectivity index (χ4v) is 2.27. The minimum absolute atomic E-state index is 0.196. The number of hydrogen-bond donors (Lipinski definition) is 1. The van der Waals surface area contributed by atoms with Gasteiger partial charge in [0.25, 0.3) is 0 Å². The molecule has 0 amide bonds. The Morgan fingerprint density at radius 1 is 1.21 bits per heavy atom. The van der Waals surface area contributed by atoms with E-state index in [2.05, 4.69) is 15.9 Å². The summed E-state index contributed by atoms with van der Waals surface area (Å²) in [6.07, 6.45) is 0. The Balaban J connectivity index is 2.44. The smallest absolute Gasteiger partial charge is 0.478 e. The van der Waals surface area contributed by atoms with Gasteiger partial charge in [-0.3, -0.25) is 0 Å². The third-order valence-corrected chi connectivity index (χ3v) is 4.24. The van der Waals surface area contributed by atoms with Crippen LogP contribution in [0.3, 0.4) is 0 Å². The average molecular weight is 327 g/mol. The molecule has 1 aromatic carbocycles. The van der Waals surface area contributed by atoms with E-state index in [1.165, 1.54) is 0 Å². The van der Waals surface area contributed by atoms with Gasteiger partial charge in [0, 0.05) is 4.47 Å². The molecule has 0 atom stereocenters. The van der Waals surface area contributed by atoms with Gasteiger partial charge in [0.1, 0.15) is 0 Å². The second-order valence-corrected chi connectivity index (χ2v) is 6.54. The van der Waals surface area contributed by atoms with Crippen LogP contribution in [0, 0.1) is 0 Å². The molecule has 0 radical (unpaired) electrons. The van der Waals surface area contributed by atoms with E-state index in [9.17, 15) is 9.90 Å². The van der Waals surface area contributed by atoms with Gasteiger partial charge in [-0.05, 0) is 51.4 Å². The van der Waals surface area contributed by atoms with Crippen LogP contribution in [-0.4, -0.2) is 29.4 Å². The highest BCUT2D eigenvalue weighted by Crippen LogP contribution is 2.36. The summed E-state index contributed by atoms with van der Waals surface area (Å²) in [5.74, 6) is -0.989. The minimum atomic E-state index is -0.989. The molecule has 1 N–H and O–H groups in total. The first kappa shape index (κ1) is 14.6. The van der Waals surface area contributed by atoms with Crippen LogP contribution in [-0.2, 0) is 9.31 Å². The Morgan fingerprint density at radius 2 is 1.74 bits per heavy atom. The third kappa shape index (κ3) is 2.57. The maximum Gasteiger partial charge on any atom is 0.495 e. The second-order valence-electron chi connectivity index (χ2n) is 5.62. The largest absolute Gasteiger partial charge is 0.495 e. The first-order chi connectivity index (χ1) is 8.64. The van der Waals surface area contributed by atoms with Gasteiger partial charge in [0.15, 0.2) is 0 Å². The van der Waals surface area contributed by atoms with Crippen LogP contribution < -0.4 is 5.46 Å². The van der Waals surface area contributed by atoms with Crippen molar-refractivity contribution in [1.82, 2.24) is 0 Å². The van der Waals surface area contributed by atoms with Crippen molar-refractivity contribution in [2.75, 3.05) is 0 Å². The topological polar surface area (TPSA) is 55.8 Å². The Morgan fingerprint density at radius 3 is 2.21 bits per heavy atom. The lowest BCUT2D eigenvalue weighted by atomic mass is 9.76. The highest BCUT2D eigenvalue weighted by molar-refractivity contribution is 9.10. The fraction of sp³-hybridized carbons (Fsp3) is 0.462. The second kappa shape index (κ2) is 4.61. The number of carboxylic acid groups (broad SMARTS) is 1. The Labute approximate surface area is 121 Å². The molecule has 102 valence electrons. The van der Waals surface area contributed by atoms with Gasteiger partial charge in [0.05, 0.1) is 16.8 Å². The molecule has 1 aliphatic rings. The molecule has 1 heterocycles. The van der Waals surface area contributed by atoms with E-state index in [1.807, 2.05) is 27.7 Å². The van der Waals surface area contributed by atoms with Crippen molar-refractivity contribution in [3.8, 4) is 0 Å². The van der Waals surface area contributed by atoms with Gasteiger partial charge in [-0.2, -0.15) is 0 Å². The molecule has 0 aromatic heterocycles. The van der Waals surface area contributed by atoms with Crippen molar-refractivity contribution >= 4 is 34.5 Å². The number of hydrogen-bond acceptors (Lipinski definition) is 3. The molecular weight excluding hydrogens is 311 g/mol. The SMILES string of the molecule is CC1(C)OB(c2cc(Br)ccc2C(=O)O)OC1(C)C. The number of halogens is 1. The molecule has 0 aliphatic carbocycles. The summed E-state index contributed by atoms with van der Waals surface area (Å²) < 4.78 is 12.6. The maximum atomic E-state index is 11.3. The van der Waals surface area contributed by atoms with Gasteiger partial charge in [-0.25, -0.2) is 4.79 Å². The van der Waals surface area contributed by atoms with E-state index in [1.54, 1.807) is 18.2 Å². The molecule has 2 rings (SSSR count). The first-order valence-corrected chi connectivity index (χ1v) is 6.82. The number of rotatable bonds is 2. The Hall–Kier alpha value is -0.845. The van der Waals surface area contributed by atoms with Crippen molar-refractivity contribution in [3.63, 3.8) is 0 Å². The Kier molecular flexibility index (Phi) is 3.54. The molecule has 19 heavy (non-hydrogen) atoms. The van der Waals surface area contributed by atoms with E-state index in [0.717, 1.165) is 4.47 Å². The molecule has 1 aromatic rings. The van der Waals surface area contributed by atoms with E-state index in [-0.39, 0.29) is 5.56 Å². The van der Waals surface area contributed by atoms with Gasteiger partial charge >= 0.3 is 13.1 Å². The summed E-state index contributed by atoms with van der Waals surface area (Å²) in [5.41, 5.74) is -0.256. The molecular formula is C13H16BBrO4. The molecule has 6 heteroatoms. The van der Waals surface area contributed by atoms with E-state index < -0.39 is 24.3 Å². The lowest BCUT2D eigenvalue weighted by Gasteiger charge is -2.32. The van der Waals surface area contributed by atoms with E-state index in [4.69, 9.17) is 9.31 Å². The van der Waals surface area contributed by atoms with Crippen LogP contribution >= 0.6 is 15.9 Å². The summed E-state index contributed by atoms with van der Waals surface area (Å²) in [5, 5.41) is 9.25. The molecule has 0 saturated carbocycles. The molecule has 1 saturated heterocycles. The normalized spacial score (nSPS) is 20.6. The van der Waals surface area contributed by atoms with Gasteiger partial charge in [-0.1, -0.05) is 15.9 Å². The van der Waals surface area contributed by atoms with Crippen molar-refractivity contribution < 1.29 is 19.2 Å². The van der Waals surface area contributed by atoms with Crippen LogP contribution in [0.2, 0.25) is 0 Å². The van der Waals surface area contributed by atoms with Gasteiger partial charge in [-0.15, -0.1) is 0 Å². The van der Waals surface area contributed by atoms with Gasteiger partial charge < -0.3 is 14.4 Å². The standard InChI is InChI=1S/C13H16BBrO4/c1-12(2)13(3,4)19-14(18-12)10-7-8(15)5-6-9(10)11(16)17/h5-7H,1-4H3,(H,16,17). The highest BCUT2D eigenvalue weighted by Gasteiger charge is 2.52. The number of carboxylic acids is 1.